The Morgan fingerprint density at radius 2 is 2.40 bits per heavy atom. The molecule has 15 heavy (non-hydrogen) atoms. The van der Waals surface area contributed by atoms with Gasteiger partial charge in [-0.05, 0) is 22.0 Å². The minimum atomic E-state index is -0.371. The molecular formula is C9H10BrNO4. The van der Waals surface area contributed by atoms with E-state index in [1.54, 1.807) is 12.1 Å². The molecule has 0 bridgehead atoms. The van der Waals surface area contributed by atoms with Crippen LogP contribution in [0.2, 0.25) is 0 Å². The summed E-state index contributed by atoms with van der Waals surface area (Å²) in [4.78, 5) is 13.0. The largest absolute Gasteiger partial charge is 0.433 e. The van der Waals surface area contributed by atoms with Gasteiger partial charge in [-0.25, -0.2) is 0 Å². The third-order valence-electron chi connectivity index (χ3n) is 2.18. The molecule has 1 fully saturated rings. The lowest BCUT2D eigenvalue weighted by Gasteiger charge is -2.32. The highest BCUT2D eigenvalue weighted by atomic mass is 79.9. The summed E-state index contributed by atoms with van der Waals surface area (Å²) >= 11 is 3.16. The molecule has 5 nitrogen and oxygen atoms in total. The topological polar surface area (TPSA) is 62.9 Å². The number of aliphatic hydroxyl groups excluding tert-OH is 1. The number of nitrogens with zero attached hydrogens (tertiary/aromatic N) is 1. The molecular weight excluding hydrogens is 266 g/mol. The zero-order valence-electron chi connectivity index (χ0n) is 7.85. The summed E-state index contributed by atoms with van der Waals surface area (Å²) in [7, 11) is 0. The van der Waals surface area contributed by atoms with Crippen molar-refractivity contribution in [2.75, 3.05) is 24.7 Å². The van der Waals surface area contributed by atoms with E-state index in [4.69, 9.17) is 14.3 Å². The molecule has 1 N–H and O–H groups in total. The minimum Gasteiger partial charge on any atom is -0.433 e. The second-order valence-corrected chi connectivity index (χ2v) is 3.97. The Hall–Kier alpha value is -0.850. The maximum absolute atomic E-state index is 11.6. The molecule has 1 aromatic rings. The maximum Gasteiger partial charge on any atom is 0.255 e. The van der Waals surface area contributed by atoms with E-state index in [1.165, 1.54) is 4.90 Å². The average Bonchev–Trinajstić information content (AvgIpc) is 2.64. The lowest BCUT2D eigenvalue weighted by atomic mass is 10.2. The second kappa shape index (κ2) is 4.34. The number of furan rings is 1. The molecule has 1 amide bonds. The average molecular weight is 276 g/mol. The fourth-order valence-corrected chi connectivity index (χ4v) is 1.80. The van der Waals surface area contributed by atoms with E-state index in [9.17, 15) is 4.79 Å². The van der Waals surface area contributed by atoms with Crippen molar-refractivity contribution in [2.45, 2.75) is 6.04 Å². The highest BCUT2D eigenvalue weighted by Crippen LogP contribution is 2.25. The molecule has 1 saturated heterocycles. The number of hydrogen-bond acceptors (Lipinski definition) is 4. The van der Waals surface area contributed by atoms with Gasteiger partial charge in [-0.15, -0.1) is 0 Å². The van der Waals surface area contributed by atoms with Crippen LogP contribution in [0.4, 0.5) is 5.88 Å². The van der Waals surface area contributed by atoms with Crippen LogP contribution < -0.4 is 4.90 Å². The van der Waals surface area contributed by atoms with E-state index in [0.29, 0.717) is 17.2 Å². The summed E-state index contributed by atoms with van der Waals surface area (Å²) in [6.45, 7) is 0.194. The molecule has 0 saturated carbocycles. The van der Waals surface area contributed by atoms with E-state index in [-0.39, 0.29) is 25.2 Å². The van der Waals surface area contributed by atoms with E-state index in [1.807, 2.05) is 0 Å². The van der Waals surface area contributed by atoms with Crippen LogP contribution in [0.5, 0.6) is 0 Å². The molecule has 1 aromatic heterocycles. The minimum absolute atomic E-state index is 0.0226. The lowest BCUT2D eigenvalue weighted by Crippen LogP contribution is -2.51. The molecule has 0 aliphatic carbocycles. The molecule has 0 aromatic carbocycles. The zero-order chi connectivity index (χ0) is 10.8. The number of anilines is 1. The van der Waals surface area contributed by atoms with Crippen molar-refractivity contribution in [2.24, 2.45) is 0 Å². The van der Waals surface area contributed by atoms with Gasteiger partial charge in [0.15, 0.2) is 4.67 Å². The van der Waals surface area contributed by atoms with E-state index in [0.717, 1.165) is 0 Å². The summed E-state index contributed by atoms with van der Waals surface area (Å²) in [6.07, 6.45) is 0. The highest BCUT2D eigenvalue weighted by molar-refractivity contribution is 9.10. The number of rotatable bonds is 2. The molecule has 1 unspecified atom stereocenters. The van der Waals surface area contributed by atoms with Crippen LogP contribution in [0.3, 0.4) is 0 Å². The predicted octanol–water partition coefficient (Wildman–Crippen LogP) is 0.766. The first-order chi connectivity index (χ1) is 7.22. The summed E-state index contributed by atoms with van der Waals surface area (Å²) in [5.41, 5.74) is 0. The lowest BCUT2D eigenvalue weighted by molar-refractivity contribution is -0.128. The van der Waals surface area contributed by atoms with E-state index < -0.39 is 0 Å². The van der Waals surface area contributed by atoms with Gasteiger partial charge in [0.25, 0.3) is 5.91 Å². The second-order valence-electron chi connectivity index (χ2n) is 3.19. The Bertz CT molecular complexity index is 365. The van der Waals surface area contributed by atoms with Crippen molar-refractivity contribution >= 4 is 27.7 Å². The van der Waals surface area contributed by atoms with Gasteiger partial charge in [-0.3, -0.25) is 9.69 Å². The fraction of sp³-hybridized carbons (Fsp3) is 0.444. The van der Waals surface area contributed by atoms with Crippen LogP contribution in [-0.4, -0.2) is 36.9 Å². The Labute approximate surface area is 94.7 Å². The van der Waals surface area contributed by atoms with E-state index in [2.05, 4.69) is 15.9 Å². The third kappa shape index (κ3) is 2.06. The van der Waals surface area contributed by atoms with Crippen molar-refractivity contribution in [1.82, 2.24) is 0 Å². The van der Waals surface area contributed by atoms with Crippen molar-refractivity contribution in [1.29, 1.82) is 0 Å². The molecule has 0 radical (unpaired) electrons. The van der Waals surface area contributed by atoms with Gasteiger partial charge in [0, 0.05) is 6.07 Å². The van der Waals surface area contributed by atoms with Gasteiger partial charge in [0.05, 0.1) is 19.3 Å². The van der Waals surface area contributed by atoms with Gasteiger partial charge in [0.1, 0.15) is 6.61 Å². The Kier molecular flexibility index (Phi) is 3.08. The van der Waals surface area contributed by atoms with Crippen molar-refractivity contribution < 1.29 is 19.1 Å². The normalized spacial score (nSPS) is 22.1. The quantitative estimate of drug-likeness (QED) is 0.866. The van der Waals surface area contributed by atoms with Gasteiger partial charge >= 0.3 is 0 Å². The van der Waals surface area contributed by atoms with Gasteiger partial charge in [-0.2, -0.15) is 0 Å². The predicted molar refractivity (Wildman–Crippen MR) is 55.6 cm³/mol. The molecule has 2 heterocycles. The number of hydrogen-bond donors (Lipinski definition) is 1. The first-order valence-corrected chi connectivity index (χ1v) is 5.27. The van der Waals surface area contributed by atoms with Crippen molar-refractivity contribution in [3.8, 4) is 0 Å². The number of ether oxygens (including phenoxy) is 1. The fourth-order valence-electron chi connectivity index (χ4n) is 1.50. The smallest absolute Gasteiger partial charge is 0.255 e. The standard InChI is InChI=1S/C9H10BrNO4/c10-7-1-2-9(15-7)11-6(3-12)4-14-5-8(11)13/h1-2,6,12H,3-5H2. The van der Waals surface area contributed by atoms with Gasteiger partial charge in [0.2, 0.25) is 5.88 Å². The number of carbonyl (C=O) groups is 1. The van der Waals surface area contributed by atoms with Gasteiger partial charge in [-0.1, -0.05) is 0 Å². The van der Waals surface area contributed by atoms with Crippen LogP contribution in [0.1, 0.15) is 0 Å². The van der Waals surface area contributed by atoms with Crippen LogP contribution in [0.25, 0.3) is 0 Å². The Morgan fingerprint density at radius 1 is 1.60 bits per heavy atom. The third-order valence-corrected chi connectivity index (χ3v) is 2.60. The monoisotopic (exact) mass is 275 g/mol. The number of morpholine rings is 1. The van der Waals surface area contributed by atoms with Crippen molar-refractivity contribution in [3.05, 3.63) is 16.8 Å². The first-order valence-electron chi connectivity index (χ1n) is 4.48. The van der Waals surface area contributed by atoms with Crippen molar-refractivity contribution in [3.63, 3.8) is 0 Å². The molecule has 0 spiro atoms. The molecule has 6 heteroatoms. The van der Waals surface area contributed by atoms with Gasteiger partial charge < -0.3 is 14.3 Å². The summed E-state index contributed by atoms with van der Waals surface area (Å²) in [6, 6.07) is 3.01. The molecule has 1 atom stereocenters. The first kappa shape index (κ1) is 10.7. The number of carbonyl (C=O) groups excluding carboxylic acids is 1. The number of amides is 1. The molecule has 1 aliphatic rings. The van der Waals surface area contributed by atoms with Crippen LogP contribution in [0.15, 0.2) is 21.2 Å². The number of halogens is 1. The summed E-state index contributed by atoms with van der Waals surface area (Å²) < 4.78 is 10.9. The van der Waals surface area contributed by atoms with E-state index >= 15 is 0 Å². The van der Waals surface area contributed by atoms with Crippen LogP contribution >= 0.6 is 15.9 Å². The molecule has 82 valence electrons. The summed E-state index contributed by atoms with van der Waals surface area (Å²) in [5.74, 6) is 0.219. The van der Waals surface area contributed by atoms with Crippen LogP contribution in [-0.2, 0) is 9.53 Å². The summed E-state index contributed by atoms with van der Waals surface area (Å²) in [5, 5.41) is 9.12. The SMILES string of the molecule is O=C1COCC(CO)N1c1ccc(Br)o1. The molecule has 2 rings (SSSR count). The Balaban J connectivity index is 2.26. The van der Waals surface area contributed by atoms with Crippen LogP contribution in [0, 0.1) is 0 Å². The zero-order valence-corrected chi connectivity index (χ0v) is 9.44. The maximum atomic E-state index is 11.6. The number of aliphatic hydroxyl groups is 1. The molecule has 1 aliphatic heterocycles. The Morgan fingerprint density at radius 3 is 3.00 bits per heavy atom. The highest BCUT2D eigenvalue weighted by Gasteiger charge is 2.31.